The van der Waals surface area contributed by atoms with Crippen molar-refractivity contribution in [3.05, 3.63) is 23.0 Å². The maximum absolute atomic E-state index is 12.6. The van der Waals surface area contributed by atoms with Gasteiger partial charge in [-0.05, 0) is 5.56 Å². The summed E-state index contributed by atoms with van der Waals surface area (Å²) in [5, 5.41) is 8.51. The SMILES string of the molecule is N#CCc1cnc(C(F)F)c(OC(F)(F)F)c1CN. The van der Waals surface area contributed by atoms with Gasteiger partial charge in [0, 0.05) is 18.3 Å². The molecule has 4 nitrogen and oxygen atoms in total. The Bertz CT molecular complexity index is 495. The predicted octanol–water partition coefficient (Wildman–Crippen LogP) is 2.44. The highest BCUT2D eigenvalue weighted by Crippen LogP contribution is 2.35. The second-order valence-corrected chi connectivity index (χ2v) is 3.36. The van der Waals surface area contributed by atoms with Crippen LogP contribution in [-0.4, -0.2) is 11.3 Å². The van der Waals surface area contributed by atoms with Crippen molar-refractivity contribution in [3.8, 4) is 11.8 Å². The van der Waals surface area contributed by atoms with Crippen molar-refractivity contribution in [2.75, 3.05) is 0 Å². The zero-order valence-electron chi connectivity index (χ0n) is 9.34. The Morgan fingerprint density at radius 2 is 2.05 bits per heavy atom. The molecule has 2 N–H and O–H groups in total. The highest BCUT2D eigenvalue weighted by molar-refractivity contribution is 5.44. The Balaban J connectivity index is 3.42. The lowest BCUT2D eigenvalue weighted by atomic mass is 10.1. The molecule has 0 aliphatic rings. The summed E-state index contributed by atoms with van der Waals surface area (Å²) < 4.78 is 65.5. The number of nitrogens with zero attached hydrogens (tertiary/aromatic N) is 2. The quantitative estimate of drug-likeness (QED) is 0.860. The monoisotopic (exact) mass is 281 g/mol. The fourth-order valence-corrected chi connectivity index (χ4v) is 1.43. The van der Waals surface area contributed by atoms with Crippen LogP contribution in [0.1, 0.15) is 23.2 Å². The van der Waals surface area contributed by atoms with E-state index >= 15 is 0 Å². The average molecular weight is 281 g/mol. The molecule has 19 heavy (non-hydrogen) atoms. The zero-order valence-corrected chi connectivity index (χ0v) is 9.34. The van der Waals surface area contributed by atoms with Crippen LogP contribution >= 0.6 is 0 Å². The molecule has 1 aromatic heterocycles. The first kappa shape index (κ1) is 15.1. The molecule has 0 fully saturated rings. The van der Waals surface area contributed by atoms with Gasteiger partial charge >= 0.3 is 6.36 Å². The normalized spacial score (nSPS) is 11.5. The fraction of sp³-hybridized carbons (Fsp3) is 0.400. The van der Waals surface area contributed by atoms with Gasteiger partial charge in [0.05, 0.1) is 12.5 Å². The third-order valence-electron chi connectivity index (χ3n) is 2.15. The van der Waals surface area contributed by atoms with Crippen molar-refractivity contribution in [1.82, 2.24) is 4.98 Å². The second kappa shape index (κ2) is 5.79. The summed E-state index contributed by atoms with van der Waals surface area (Å²) in [7, 11) is 0. The van der Waals surface area contributed by atoms with E-state index in [1.807, 2.05) is 0 Å². The van der Waals surface area contributed by atoms with Crippen LogP contribution < -0.4 is 10.5 Å². The molecule has 1 aromatic rings. The lowest BCUT2D eigenvalue weighted by Crippen LogP contribution is -2.21. The number of nitriles is 1. The molecule has 0 saturated carbocycles. The van der Waals surface area contributed by atoms with Gasteiger partial charge in [-0.2, -0.15) is 5.26 Å². The minimum absolute atomic E-state index is 0.0219. The molecule has 1 heterocycles. The molecule has 9 heteroatoms. The number of alkyl halides is 5. The molecule has 0 spiro atoms. The standard InChI is InChI=1S/C10H8F5N3O/c11-9(12)7-8(19-10(13,14)15)6(3-17)5(1-2-16)4-18-7/h4,9H,1,3,17H2. The largest absolute Gasteiger partial charge is 0.573 e. The molecule has 0 atom stereocenters. The molecule has 0 unspecified atom stereocenters. The van der Waals surface area contributed by atoms with E-state index in [0.717, 1.165) is 6.20 Å². The Morgan fingerprint density at radius 3 is 2.47 bits per heavy atom. The van der Waals surface area contributed by atoms with Crippen LogP contribution in [0.3, 0.4) is 0 Å². The fourth-order valence-electron chi connectivity index (χ4n) is 1.43. The van der Waals surface area contributed by atoms with Crippen LogP contribution in [0.5, 0.6) is 5.75 Å². The molecule has 0 aliphatic heterocycles. The van der Waals surface area contributed by atoms with Crippen molar-refractivity contribution in [2.45, 2.75) is 25.8 Å². The van der Waals surface area contributed by atoms with E-state index in [-0.39, 0.29) is 17.5 Å². The van der Waals surface area contributed by atoms with Crippen molar-refractivity contribution in [1.29, 1.82) is 5.26 Å². The Hall–Kier alpha value is -1.95. The third-order valence-corrected chi connectivity index (χ3v) is 2.15. The van der Waals surface area contributed by atoms with E-state index in [2.05, 4.69) is 9.72 Å². The smallest absolute Gasteiger partial charge is 0.403 e. The average Bonchev–Trinajstić information content (AvgIpc) is 2.27. The molecule has 0 amide bonds. The third kappa shape index (κ3) is 3.75. The lowest BCUT2D eigenvalue weighted by molar-refractivity contribution is -0.275. The first-order valence-corrected chi connectivity index (χ1v) is 4.91. The minimum atomic E-state index is -5.15. The maximum Gasteiger partial charge on any atom is 0.573 e. The van der Waals surface area contributed by atoms with Crippen molar-refractivity contribution in [2.24, 2.45) is 5.73 Å². The highest BCUT2D eigenvalue weighted by atomic mass is 19.4. The van der Waals surface area contributed by atoms with E-state index in [1.165, 1.54) is 0 Å². The topological polar surface area (TPSA) is 71.9 Å². The van der Waals surface area contributed by atoms with Crippen LogP contribution in [0.25, 0.3) is 0 Å². The number of hydrogen-bond donors (Lipinski definition) is 1. The predicted molar refractivity (Wildman–Crippen MR) is 53.1 cm³/mol. The van der Waals surface area contributed by atoms with Crippen molar-refractivity contribution < 1.29 is 26.7 Å². The van der Waals surface area contributed by atoms with E-state index in [9.17, 15) is 22.0 Å². The van der Waals surface area contributed by atoms with Crippen LogP contribution in [0, 0.1) is 11.3 Å². The van der Waals surface area contributed by atoms with E-state index in [4.69, 9.17) is 11.0 Å². The zero-order chi connectivity index (χ0) is 14.6. The van der Waals surface area contributed by atoms with Crippen LogP contribution in [0.2, 0.25) is 0 Å². The first-order valence-electron chi connectivity index (χ1n) is 4.91. The summed E-state index contributed by atoms with van der Waals surface area (Å²) in [6.45, 7) is -0.481. The lowest BCUT2D eigenvalue weighted by Gasteiger charge is -2.17. The molecule has 0 aliphatic carbocycles. The van der Waals surface area contributed by atoms with E-state index in [0.29, 0.717) is 0 Å². The number of aromatic nitrogens is 1. The number of hydrogen-bond acceptors (Lipinski definition) is 4. The van der Waals surface area contributed by atoms with Crippen LogP contribution in [-0.2, 0) is 13.0 Å². The summed E-state index contributed by atoms with van der Waals surface area (Å²) in [6, 6.07) is 1.68. The first-order chi connectivity index (χ1) is 8.80. The molecule has 0 bridgehead atoms. The highest BCUT2D eigenvalue weighted by Gasteiger charge is 2.35. The molecular formula is C10H8F5N3O. The van der Waals surface area contributed by atoms with Gasteiger partial charge in [-0.1, -0.05) is 0 Å². The van der Waals surface area contributed by atoms with Crippen molar-refractivity contribution >= 4 is 0 Å². The van der Waals surface area contributed by atoms with Gasteiger partial charge in [-0.3, -0.25) is 4.98 Å². The Kier molecular flexibility index (Phi) is 4.61. The van der Waals surface area contributed by atoms with Crippen molar-refractivity contribution in [3.63, 3.8) is 0 Å². The molecule has 1 rings (SSSR count). The summed E-state index contributed by atoms with van der Waals surface area (Å²) in [5.41, 5.74) is 3.81. The molecule has 0 aromatic carbocycles. The van der Waals surface area contributed by atoms with E-state index < -0.39 is 30.8 Å². The minimum Gasteiger partial charge on any atom is -0.403 e. The molecule has 0 radical (unpaired) electrons. The number of ether oxygens (including phenoxy) is 1. The number of rotatable bonds is 4. The maximum atomic E-state index is 12.6. The van der Waals surface area contributed by atoms with Gasteiger partial charge in [0.1, 0.15) is 5.69 Å². The summed E-state index contributed by atoms with van der Waals surface area (Å²) in [6.07, 6.45) is -7.81. The summed E-state index contributed by atoms with van der Waals surface area (Å²) >= 11 is 0. The molecule has 0 saturated heterocycles. The van der Waals surface area contributed by atoms with Gasteiger partial charge in [0.2, 0.25) is 0 Å². The van der Waals surface area contributed by atoms with E-state index in [1.54, 1.807) is 6.07 Å². The number of nitrogens with two attached hydrogens (primary N) is 1. The van der Waals surface area contributed by atoms with Crippen LogP contribution in [0.15, 0.2) is 6.20 Å². The van der Waals surface area contributed by atoms with Gasteiger partial charge in [-0.15, -0.1) is 13.2 Å². The molecular weight excluding hydrogens is 273 g/mol. The molecule has 104 valence electrons. The Morgan fingerprint density at radius 1 is 1.42 bits per heavy atom. The number of halogens is 5. The summed E-state index contributed by atoms with van der Waals surface area (Å²) in [5.74, 6) is -1.13. The second-order valence-electron chi connectivity index (χ2n) is 3.36. The van der Waals surface area contributed by atoms with Gasteiger partial charge in [-0.25, -0.2) is 8.78 Å². The van der Waals surface area contributed by atoms with Gasteiger partial charge in [0.15, 0.2) is 5.75 Å². The van der Waals surface area contributed by atoms with Gasteiger partial charge < -0.3 is 10.5 Å². The van der Waals surface area contributed by atoms with Crippen LogP contribution in [0.4, 0.5) is 22.0 Å². The number of pyridine rings is 1. The summed E-state index contributed by atoms with van der Waals surface area (Å²) in [4.78, 5) is 3.21. The van der Waals surface area contributed by atoms with Gasteiger partial charge in [0.25, 0.3) is 6.43 Å². The Labute approximate surface area is 104 Å².